The SMILES string of the molecule is COCCOc1cc(F)c(CS(=O)(=O)c2nc3nc(O[C@@H]4CO[C@H]5[C@@H]4OC[C@H]5O)[nH]c3cc2Cl)c(F)c1. The van der Waals surface area contributed by atoms with E-state index in [4.69, 9.17) is 35.3 Å². The number of aliphatic hydroxyl groups excluding tert-OH is 1. The zero-order valence-corrected chi connectivity index (χ0v) is 20.9. The molecule has 0 saturated carbocycles. The van der Waals surface area contributed by atoms with E-state index in [-0.39, 0.29) is 54.4 Å². The molecule has 2 N–H and O–H groups in total. The number of methoxy groups -OCH3 is 1. The monoisotopic (exact) mass is 561 g/mol. The van der Waals surface area contributed by atoms with E-state index in [1.807, 2.05) is 0 Å². The Morgan fingerprint density at radius 3 is 2.59 bits per heavy atom. The van der Waals surface area contributed by atoms with E-state index >= 15 is 0 Å². The van der Waals surface area contributed by atoms with E-state index in [9.17, 15) is 22.3 Å². The second-order valence-corrected chi connectivity index (χ2v) is 10.8. The van der Waals surface area contributed by atoms with Gasteiger partial charge >= 0.3 is 0 Å². The highest BCUT2D eigenvalue weighted by atomic mass is 35.5. The van der Waals surface area contributed by atoms with Crippen molar-refractivity contribution < 1.29 is 46.0 Å². The van der Waals surface area contributed by atoms with Crippen LogP contribution in [0.4, 0.5) is 8.78 Å². The van der Waals surface area contributed by atoms with E-state index < -0.39 is 62.2 Å². The molecule has 0 radical (unpaired) electrons. The van der Waals surface area contributed by atoms with Crippen LogP contribution in [-0.4, -0.2) is 86.4 Å². The van der Waals surface area contributed by atoms with Crippen molar-refractivity contribution in [2.75, 3.05) is 33.5 Å². The molecule has 1 aromatic carbocycles. The number of ether oxygens (including phenoxy) is 5. The van der Waals surface area contributed by atoms with Crippen molar-refractivity contribution in [3.8, 4) is 11.8 Å². The Kier molecular flexibility index (Phi) is 7.22. The summed E-state index contributed by atoms with van der Waals surface area (Å²) in [6.07, 6.45) is -2.31. The van der Waals surface area contributed by atoms with E-state index in [2.05, 4.69) is 15.0 Å². The number of aromatic nitrogens is 3. The normalized spacial score (nSPS) is 23.5. The lowest BCUT2D eigenvalue weighted by Gasteiger charge is -2.15. The van der Waals surface area contributed by atoms with E-state index in [0.29, 0.717) is 0 Å². The van der Waals surface area contributed by atoms with Gasteiger partial charge in [-0.1, -0.05) is 11.6 Å². The molecule has 2 aliphatic heterocycles. The van der Waals surface area contributed by atoms with E-state index in [0.717, 1.165) is 12.1 Å². The first kappa shape index (κ1) is 26.0. The number of aliphatic hydroxyl groups is 1. The average molecular weight is 562 g/mol. The summed E-state index contributed by atoms with van der Waals surface area (Å²) in [5.41, 5.74) is -0.446. The molecule has 5 rings (SSSR count). The van der Waals surface area contributed by atoms with Crippen LogP contribution in [-0.2, 0) is 29.8 Å². The van der Waals surface area contributed by atoms with Crippen LogP contribution >= 0.6 is 11.6 Å². The average Bonchev–Trinajstić information content (AvgIpc) is 3.52. The summed E-state index contributed by atoms with van der Waals surface area (Å²) < 4.78 is 82.1. The lowest BCUT2D eigenvalue weighted by molar-refractivity contribution is 0.00706. The number of halogens is 3. The predicted molar refractivity (Wildman–Crippen MR) is 123 cm³/mol. The van der Waals surface area contributed by atoms with Crippen LogP contribution in [0.25, 0.3) is 11.2 Å². The summed E-state index contributed by atoms with van der Waals surface area (Å²) in [7, 11) is -2.95. The number of rotatable bonds is 9. The maximum atomic E-state index is 14.6. The minimum atomic E-state index is -4.39. The molecule has 0 unspecified atom stereocenters. The second kappa shape index (κ2) is 10.3. The van der Waals surface area contributed by atoms with Crippen LogP contribution in [0.5, 0.6) is 11.8 Å². The minimum Gasteiger partial charge on any atom is -0.491 e. The van der Waals surface area contributed by atoms with Crippen molar-refractivity contribution in [1.82, 2.24) is 15.0 Å². The summed E-state index contributed by atoms with van der Waals surface area (Å²) >= 11 is 6.18. The van der Waals surface area contributed by atoms with Gasteiger partial charge in [0, 0.05) is 24.8 Å². The van der Waals surface area contributed by atoms with Gasteiger partial charge in [-0.3, -0.25) is 0 Å². The molecule has 0 spiro atoms. The third-order valence-corrected chi connectivity index (χ3v) is 7.89. The lowest BCUT2D eigenvalue weighted by Crippen LogP contribution is -2.34. The number of aromatic amines is 1. The summed E-state index contributed by atoms with van der Waals surface area (Å²) in [6.45, 7) is 0.549. The predicted octanol–water partition coefficient (Wildman–Crippen LogP) is 1.79. The number of H-pyrrole nitrogens is 1. The number of nitrogens with zero attached hydrogens (tertiary/aromatic N) is 2. The number of sulfone groups is 1. The minimum absolute atomic E-state index is 0.00788. The Bertz CT molecular complexity index is 1400. The zero-order valence-electron chi connectivity index (χ0n) is 19.3. The van der Waals surface area contributed by atoms with E-state index in [1.165, 1.54) is 13.2 Å². The van der Waals surface area contributed by atoms with Crippen molar-refractivity contribution in [1.29, 1.82) is 0 Å². The molecular weight excluding hydrogens is 540 g/mol. The fourth-order valence-corrected chi connectivity index (χ4v) is 6.02. The van der Waals surface area contributed by atoms with Crippen molar-refractivity contribution >= 4 is 32.6 Å². The number of benzene rings is 1. The van der Waals surface area contributed by atoms with Crippen molar-refractivity contribution in [2.24, 2.45) is 0 Å². The standard InChI is InChI=1S/C22H22ClF2N3O8S/c1-32-2-3-33-10-4-13(24)11(14(25)5-10)9-37(30,31)21-12(23)6-15-20(27-21)28-22(26-15)36-17-8-35-18-16(29)7-34-19(17)18/h4-6,16-19,29H,2-3,7-9H2,1H3,(H,26,27,28)/t16-,17-,18-,19-/m1/s1. The largest absolute Gasteiger partial charge is 0.491 e. The molecule has 2 aliphatic rings. The molecule has 0 amide bonds. The van der Waals surface area contributed by atoms with Gasteiger partial charge in [0.15, 0.2) is 16.8 Å². The number of pyridine rings is 1. The molecule has 2 fully saturated rings. The van der Waals surface area contributed by atoms with Crippen LogP contribution in [0.2, 0.25) is 5.02 Å². The Morgan fingerprint density at radius 2 is 1.86 bits per heavy atom. The van der Waals surface area contributed by atoms with Crippen LogP contribution in [0, 0.1) is 11.6 Å². The number of nitrogens with one attached hydrogen (secondary N) is 1. The maximum absolute atomic E-state index is 14.6. The molecule has 0 bridgehead atoms. The van der Waals surface area contributed by atoms with Gasteiger partial charge in [-0.15, -0.1) is 0 Å². The fourth-order valence-electron chi connectivity index (χ4n) is 4.14. The molecule has 4 atom stereocenters. The highest BCUT2D eigenvalue weighted by molar-refractivity contribution is 7.90. The molecule has 2 saturated heterocycles. The van der Waals surface area contributed by atoms with Gasteiger partial charge in [-0.2, -0.15) is 4.98 Å². The molecule has 15 heteroatoms. The van der Waals surface area contributed by atoms with Gasteiger partial charge in [0.25, 0.3) is 6.01 Å². The number of hydrogen-bond donors (Lipinski definition) is 2. The van der Waals surface area contributed by atoms with E-state index in [1.54, 1.807) is 0 Å². The highest BCUT2D eigenvalue weighted by Gasteiger charge is 2.48. The second-order valence-electron chi connectivity index (χ2n) is 8.47. The first-order chi connectivity index (χ1) is 17.7. The fraction of sp³-hybridized carbons (Fsp3) is 0.455. The lowest BCUT2D eigenvalue weighted by atomic mass is 10.1. The van der Waals surface area contributed by atoms with Gasteiger partial charge in [0.05, 0.1) is 36.1 Å². The third-order valence-electron chi connectivity index (χ3n) is 5.92. The maximum Gasteiger partial charge on any atom is 0.296 e. The first-order valence-corrected chi connectivity index (χ1v) is 13.2. The number of imidazole rings is 1. The topological polar surface area (TPSA) is 142 Å². The van der Waals surface area contributed by atoms with Crippen LogP contribution in [0.3, 0.4) is 0 Å². The highest BCUT2D eigenvalue weighted by Crippen LogP contribution is 2.32. The van der Waals surface area contributed by atoms with Crippen molar-refractivity contribution in [2.45, 2.75) is 35.2 Å². The van der Waals surface area contributed by atoms with Crippen LogP contribution in [0.15, 0.2) is 23.2 Å². The van der Waals surface area contributed by atoms with Gasteiger partial charge in [-0.25, -0.2) is 22.2 Å². The molecule has 3 aromatic rings. The van der Waals surface area contributed by atoms with Crippen LogP contribution < -0.4 is 9.47 Å². The molecule has 11 nitrogen and oxygen atoms in total. The smallest absolute Gasteiger partial charge is 0.296 e. The summed E-state index contributed by atoms with van der Waals surface area (Å²) in [5, 5.41) is 9.00. The molecule has 37 heavy (non-hydrogen) atoms. The molecular formula is C22H22ClF2N3O8S. The third kappa shape index (κ3) is 5.22. The Labute approximate surface area is 214 Å². The van der Waals surface area contributed by atoms with Gasteiger partial charge in [-0.05, 0) is 6.07 Å². The first-order valence-electron chi connectivity index (χ1n) is 11.1. The molecule has 200 valence electrons. The Hall–Kier alpha value is -2.62. The zero-order chi connectivity index (χ0) is 26.3. The summed E-state index contributed by atoms with van der Waals surface area (Å²) in [6, 6.07) is 3.07. The molecule has 4 heterocycles. The van der Waals surface area contributed by atoms with Gasteiger partial charge in [0.1, 0.15) is 42.3 Å². The molecule has 0 aliphatic carbocycles. The number of hydrogen-bond acceptors (Lipinski definition) is 10. The van der Waals surface area contributed by atoms with Gasteiger partial charge in [0.2, 0.25) is 9.84 Å². The van der Waals surface area contributed by atoms with Crippen LogP contribution in [0.1, 0.15) is 5.56 Å². The Morgan fingerprint density at radius 1 is 1.14 bits per heavy atom. The number of fused-ring (bicyclic) bond motifs is 2. The summed E-state index contributed by atoms with van der Waals surface area (Å²) in [4.78, 5) is 11.0. The van der Waals surface area contributed by atoms with Gasteiger partial charge < -0.3 is 33.8 Å². The summed E-state index contributed by atoms with van der Waals surface area (Å²) in [5.74, 6) is -3.33. The Balaban J connectivity index is 1.36. The van der Waals surface area contributed by atoms with Crippen molar-refractivity contribution in [3.63, 3.8) is 0 Å². The quantitative estimate of drug-likeness (QED) is 0.371. The van der Waals surface area contributed by atoms with Crippen molar-refractivity contribution in [3.05, 3.63) is 40.4 Å². The molecule has 2 aromatic heterocycles.